The van der Waals surface area contributed by atoms with Crippen LogP contribution in [0.2, 0.25) is 0 Å². The first-order valence-electron chi connectivity index (χ1n) is 10.5. The highest BCUT2D eigenvalue weighted by Gasteiger charge is 2.41. The molecule has 2 saturated heterocycles. The minimum Gasteiger partial charge on any atom is -0.379 e. The quantitative estimate of drug-likeness (QED) is 0.395. The molecule has 0 aliphatic carbocycles. The van der Waals surface area contributed by atoms with Crippen LogP contribution in [0.5, 0.6) is 0 Å². The third kappa shape index (κ3) is 4.08. The molecule has 0 saturated carbocycles. The zero-order valence-corrected chi connectivity index (χ0v) is 16.9. The molecule has 0 bridgehead atoms. The number of hydrogen-bond donors (Lipinski definition) is 0. The molecule has 0 spiro atoms. The highest BCUT2D eigenvalue weighted by atomic mass is 16.6. The Morgan fingerprint density at radius 2 is 1.57 bits per heavy atom. The van der Waals surface area contributed by atoms with Gasteiger partial charge in [-0.2, -0.15) is 0 Å². The van der Waals surface area contributed by atoms with Crippen LogP contribution in [0.3, 0.4) is 0 Å². The third-order valence-corrected chi connectivity index (χ3v) is 5.93. The average Bonchev–Trinajstić information content (AvgIpc) is 3.03. The first kappa shape index (κ1) is 20.5. The molecule has 2 fully saturated rings. The van der Waals surface area contributed by atoms with Gasteiger partial charge in [0.1, 0.15) is 5.70 Å². The number of hydrogen-bond acceptors (Lipinski definition) is 7. The molecule has 1 aromatic carbocycles. The number of benzene rings is 1. The van der Waals surface area contributed by atoms with Gasteiger partial charge in [-0.1, -0.05) is 0 Å². The van der Waals surface area contributed by atoms with E-state index in [-0.39, 0.29) is 17.5 Å². The lowest BCUT2D eigenvalue weighted by atomic mass is 10.0. The molecule has 0 aromatic heterocycles. The predicted molar refractivity (Wildman–Crippen MR) is 109 cm³/mol. The van der Waals surface area contributed by atoms with Crippen molar-refractivity contribution in [2.24, 2.45) is 0 Å². The number of nitro benzene ring substituents is 1. The normalized spacial score (nSPS) is 20.9. The SMILES string of the molecule is O=C1C(c2ccc([N+](=O)[O-])cc2)=C(N2CCCCC2)C(=O)N1CCN1CCOCC1. The molecule has 0 unspecified atom stereocenters. The number of ether oxygens (including phenoxy) is 1. The van der Waals surface area contributed by atoms with E-state index < -0.39 is 4.92 Å². The van der Waals surface area contributed by atoms with Gasteiger partial charge in [0.05, 0.1) is 23.7 Å². The summed E-state index contributed by atoms with van der Waals surface area (Å²) in [6, 6.07) is 5.89. The van der Waals surface area contributed by atoms with Gasteiger partial charge in [0.15, 0.2) is 0 Å². The summed E-state index contributed by atoms with van der Waals surface area (Å²) in [5.74, 6) is -0.578. The average molecular weight is 414 g/mol. The van der Waals surface area contributed by atoms with Crippen LogP contribution in [0.25, 0.3) is 5.57 Å². The summed E-state index contributed by atoms with van der Waals surface area (Å²) < 4.78 is 5.36. The number of rotatable bonds is 6. The molecule has 4 rings (SSSR count). The van der Waals surface area contributed by atoms with Crippen molar-refractivity contribution in [2.75, 3.05) is 52.5 Å². The van der Waals surface area contributed by atoms with Crippen molar-refractivity contribution < 1.29 is 19.2 Å². The number of piperidine rings is 1. The fourth-order valence-electron chi connectivity index (χ4n) is 4.25. The van der Waals surface area contributed by atoms with Crippen LogP contribution < -0.4 is 0 Å². The number of carbonyl (C=O) groups is 2. The summed E-state index contributed by atoms with van der Waals surface area (Å²) >= 11 is 0. The minimum absolute atomic E-state index is 0.0418. The minimum atomic E-state index is -0.472. The van der Waals surface area contributed by atoms with Gasteiger partial charge in [-0.05, 0) is 37.0 Å². The summed E-state index contributed by atoms with van der Waals surface area (Å²) in [7, 11) is 0. The van der Waals surface area contributed by atoms with E-state index >= 15 is 0 Å². The second-order valence-corrected chi connectivity index (χ2v) is 7.79. The number of nitrogens with zero attached hydrogens (tertiary/aromatic N) is 4. The summed E-state index contributed by atoms with van der Waals surface area (Å²) in [5.41, 5.74) is 1.31. The van der Waals surface area contributed by atoms with Crippen molar-refractivity contribution in [3.8, 4) is 0 Å². The molecule has 9 nitrogen and oxygen atoms in total. The van der Waals surface area contributed by atoms with E-state index in [4.69, 9.17) is 4.74 Å². The lowest BCUT2D eigenvalue weighted by Gasteiger charge is -2.30. The van der Waals surface area contributed by atoms with Gasteiger partial charge in [0.2, 0.25) is 0 Å². The van der Waals surface area contributed by atoms with Gasteiger partial charge in [0.25, 0.3) is 17.5 Å². The first-order chi connectivity index (χ1) is 14.6. The maximum absolute atomic E-state index is 13.3. The van der Waals surface area contributed by atoms with Crippen molar-refractivity contribution in [3.05, 3.63) is 45.6 Å². The highest BCUT2D eigenvalue weighted by molar-refractivity contribution is 6.35. The molecule has 0 N–H and O–H groups in total. The van der Waals surface area contributed by atoms with E-state index in [9.17, 15) is 19.7 Å². The number of non-ortho nitro benzene ring substituents is 1. The van der Waals surface area contributed by atoms with Crippen molar-refractivity contribution >= 4 is 23.1 Å². The van der Waals surface area contributed by atoms with Crippen LogP contribution in [-0.2, 0) is 14.3 Å². The maximum atomic E-state index is 13.3. The van der Waals surface area contributed by atoms with E-state index in [1.165, 1.54) is 17.0 Å². The lowest BCUT2D eigenvalue weighted by molar-refractivity contribution is -0.384. The van der Waals surface area contributed by atoms with Gasteiger partial charge in [0, 0.05) is 51.4 Å². The Bertz CT molecular complexity index is 855. The van der Waals surface area contributed by atoms with Crippen molar-refractivity contribution in [2.45, 2.75) is 19.3 Å². The zero-order valence-electron chi connectivity index (χ0n) is 16.9. The number of carbonyl (C=O) groups excluding carboxylic acids is 2. The number of imide groups is 1. The maximum Gasteiger partial charge on any atom is 0.277 e. The van der Waals surface area contributed by atoms with E-state index in [0.29, 0.717) is 43.1 Å². The standard InChI is InChI=1S/C21H26N4O5/c26-20-18(16-4-6-17(7-5-16)25(28)29)19(23-8-2-1-3-9-23)21(27)24(20)11-10-22-12-14-30-15-13-22/h4-7H,1-3,8-15H2. The summed E-state index contributed by atoms with van der Waals surface area (Å²) in [4.78, 5) is 42.7. The second-order valence-electron chi connectivity index (χ2n) is 7.79. The van der Waals surface area contributed by atoms with Gasteiger partial charge in [-0.3, -0.25) is 29.5 Å². The Hall–Kier alpha value is -2.78. The molecular weight excluding hydrogens is 388 g/mol. The van der Waals surface area contributed by atoms with Gasteiger partial charge >= 0.3 is 0 Å². The van der Waals surface area contributed by atoms with Crippen LogP contribution in [-0.4, -0.2) is 83.9 Å². The van der Waals surface area contributed by atoms with Crippen molar-refractivity contribution in [1.29, 1.82) is 0 Å². The zero-order chi connectivity index (χ0) is 21.1. The summed E-state index contributed by atoms with van der Waals surface area (Å²) in [6.45, 7) is 5.31. The van der Waals surface area contributed by atoms with E-state index in [1.54, 1.807) is 12.1 Å². The third-order valence-electron chi connectivity index (χ3n) is 5.93. The van der Waals surface area contributed by atoms with E-state index in [2.05, 4.69) is 4.90 Å². The topological polar surface area (TPSA) is 96.2 Å². The van der Waals surface area contributed by atoms with Crippen molar-refractivity contribution in [1.82, 2.24) is 14.7 Å². The Morgan fingerprint density at radius 3 is 2.20 bits per heavy atom. The predicted octanol–water partition coefficient (Wildman–Crippen LogP) is 1.49. The number of amides is 2. The molecule has 3 aliphatic rings. The fraction of sp³-hybridized carbons (Fsp3) is 0.524. The Kier molecular flexibility index (Phi) is 6.10. The summed E-state index contributed by atoms with van der Waals surface area (Å²) in [6.07, 6.45) is 3.07. The molecule has 1 aromatic rings. The molecule has 9 heteroatoms. The Morgan fingerprint density at radius 1 is 0.900 bits per heavy atom. The fourth-order valence-corrected chi connectivity index (χ4v) is 4.25. The molecule has 2 amide bonds. The molecule has 3 aliphatic heterocycles. The van der Waals surface area contributed by atoms with Gasteiger partial charge < -0.3 is 9.64 Å². The Labute approximate surface area is 175 Å². The monoisotopic (exact) mass is 414 g/mol. The number of morpholine rings is 1. The Balaban J connectivity index is 1.61. The largest absolute Gasteiger partial charge is 0.379 e. The van der Waals surface area contributed by atoms with Crippen LogP contribution in [0.15, 0.2) is 30.0 Å². The molecular formula is C21H26N4O5. The van der Waals surface area contributed by atoms with Gasteiger partial charge in [-0.25, -0.2) is 0 Å². The molecule has 0 atom stereocenters. The highest BCUT2D eigenvalue weighted by Crippen LogP contribution is 2.33. The molecule has 160 valence electrons. The van der Waals surface area contributed by atoms with Gasteiger partial charge in [-0.15, -0.1) is 0 Å². The smallest absolute Gasteiger partial charge is 0.277 e. The van der Waals surface area contributed by atoms with Crippen LogP contribution in [0.1, 0.15) is 24.8 Å². The molecule has 30 heavy (non-hydrogen) atoms. The second kappa shape index (κ2) is 8.93. The van der Waals surface area contributed by atoms with E-state index in [0.717, 1.165) is 45.4 Å². The lowest BCUT2D eigenvalue weighted by Crippen LogP contribution is -2.44. The first-order valence-corrected chi connectivity index (χ1v) is 10.5. The number of nitro groups is 1. The van der Waals surface area contributed by atoms with Crippen LogP contribution in [0.4, 0.5) is 5.69 Å². The van der Waals surface area contributed by atoms with Crippen molar-refractivity contribution in [3.63, 3.8) is 0 Å². The van der Waals surface area contributed by atoms with Crippen LogP contribution in [0, 0.1) is 10.1 Å². The van der Waals surface area contributed by atoms with Crippen LogP contribution >= 0.6 is 0 Å². The van der Waals surface area contributed by atoms with E-state index in [1.807, 2.05) is 4.90 Å². The molecule has 0 radical (unpaired) electrons. The summed E-state index contributed by atoms with van der Waals surface area (Å²) in [5, 5.41) is 11.0. The number of likely N-dealkylation sites (tertiary alicyclic amines) is 1. The molecule has 3 heterocycles.